The molecule has 1 aromatic heterocycles. The number of amides is 2. The molecule has 2 aromatic carbocycles. The molecule has 1 fully saturated rings. The number of aromatic nitrogens is 1. The van der Waals surface area contributed by atoms with Crippen molar-refractivity contribution in [3.63, 3.8) is 0 Å². The van der Waals surface area contributed by atoms with Gasteiger partial charge in [0.2, 0.25) is 5.89 Å². The number of oxazole rings is 1. The third kappa shape index (κ3) is 4.79. The van der Waals surface area contributed by atoms with E-state index in [1.54, 1.807) is 30.0 Å². The summed E-state index contributed by atoms with van der Waals surface area (Å²) in [5.74, 6) is -0.913. The van der Waals surface area contributed by atoms with Gasteiger partial charge in [0.15, 0.2) is 36.3 Å². The van der Waals surface area contributed by atoms with E-state index in [1.165, 1.54) is 29.4 Å². The van der Waals surface area contributed by atoms with Crippen LogP contribution in [0.2, 0.25) is 0 Å². The number of hydrogen-bond acceptors (Lipinski definition) is 7. The van der Waals surface area contributed by atoms with Gasteiger partial charge in [-0.15, -0.1) is 0 Å². The molecule has 186 valence electrons. The number of carbonyl (C=O) groups excluding carboxylic acids is 3. The van der Waals surface area contributed by atoms with E-state index in [0.29, 0.717) is 24.5 Å². The summed E-state index contributed by atoms with van der Waals surface area (Å²) < 4.78 is 30.3. The summed E-state index contributed by atoms with van der Waals surface area (Å²) in [6.45, 7) is 2.57. The van der Waals surface area contributed by atoms with Gasteiger partial charge in [-0.1, -0.05) is 6.07 Å². The lowest BCUT2D eigenvalue weighted by atomic mass is 10.1. The summed E-state index contributed by atoms with van der Waals surface area (Å²) in [5.41, 5.74) is 1.62. The smallest absolute Gasteiger partial charge is 0.275 e. The lowest BCUT2D eigenvalue weighted by Gasteiger charge is -2.28. The molecule has 2 aliphatic heterocycles. The van der Waals surface area contributed by atoms with Gasteiger partial charge < -0.3 is 18.8 Å². The SMILES string of the molecule is Cc1ccc(F)c(OCC(=O)c2ccc3c(c2)N(Cc2nc(C(=O)N4CCCC4)co2)C(=O)CO3)c1. The Balaban J connectivity index is 1.32. The molecule has 0 spiro atoms. The minimum atomic E-state index is -0.558. The highest BCUT2D eigenvalue weighted by Crippen LogP contribution is 2.34. The molecule has 3 aromatic rings. The van der Waals surface area contributed by atoms with Crippen molar-refractivity contribution in [2.75, 3.05) is 31.2 Å². The fraction of sp³-hybridized carbons (Fsp3) is 0.308. The molecule has 0 unspecified atom stereocenters. The van der Waals surface area contributed by atoms with Crippen LogP contribution in [0.4, 0.5) is 10.1 Å². The van der Waals surface area contributed by atoms with Crippen LogP contribution in [0, 0.1) is 12.7 Å². The maximum Gasteiger partial charge on any atom is 0.275 e. The van der Waals surface area contributed by atoms with Crippen molar-refractivity contribution in [3.8, 4) is 11.5 Å². The van der Waals surface area contributed by atoms with Gasteiger partial charge in [0.05, 0.1) is 5.69 Å². The molecule has 0 radical (unpaired) electrons. The third-order valence-corrected chi connectivity index (χ3v) is 6.13. The average Bonchev–Trinajstić information content (AvgIpc) is 3.58. The third-order valence-electron chi connectivity index (χ3n) is 6.13. The Morgan fingerprint density at radius 1 is 1.14 bits per heavy atom. The quantitative estimate of drug-likeness (QED) is 0.464. The molecule has 2 aliphatic rings. The van der Waals surface area contributed by atoms with Crippen LogP contribution in [0.3, 0.4) is 0 Å². The zero-order valence-electron chi connectivity index (χ0n) is 19.7. The van der Waals surface area contributed by atoms with Crippen LogP contribution in [0.15, 0.2) is 47.1 Å². The Morgan fingerprint density at radius 2 is 1.94 bits per heavy atom. The van der Waals surface area contributed by atoms with E-state index in [9.17, 15) is 18.8 Å². The first-order valence-corrected chi connectivity index (χ1v) is 11.6. The normalized spacial score (nSPS) is 15.0. The Morgan fingerprint density at radius 3 is 2.75 bits per heavy atom. The second-order valence-electron chi connectivity index (χ2n) is 8.72. The molecule has 3 heterocycles. The van der Waals surface area contributed by atoms with E-state index < -0.39 is 11.6 Å². The number of benzene rings is 2. The van der Waals surface area contributed by atoms with Crippen LogP contribution in [0.1, 0.15) is 45.1 Å². The second kappa shape index (κ2) is 9.80. The van der Waals surface area contributed by atoms with Crippen LogP contribution >= 0.6 is 0 Å². The number of fused-ring (bicyclic) bond motifs is 1. The van der Waals surface area contributed by atoms with Gasteiger partial charge in [0.25, 0.3) is 11.8 Å². The number of nitrogens with zero attached hydrogens (tertiary/aromatic N) is 3. The highest BCUT2D eigenvalue weighted by atomic mass is 19.1. The summed E-state index contributed by atoms with van der Waals surface area (Å²) in [6.07, 6.45) is 3.21. The number of ether oxygens (including phenoxy) is 2. The Bertz CT molecular complexity index is 1330. The number of anilines is 1. The van der Waals surface area contributed by atoms with E-state index in [4.69, 9.17) is 13.9 Å². The molecule has 10 heteroatoms. The largest absolute Gasteiger partial charge is 0.482 e. The zero-order chi connectivity index (χ0) is 25.2. The zero-order valence-corrected chi connectivity index (χ0v) is 19.7. The fourth-order valence-electron chi connectivity index (χ4n) is 4.20. The van der Waals surface area contributed by atoms with Gasteiger partial charge in [0.1, 0.15) is 18.6 Å². The summed E-state index contributed by atoms with van der Waals surface area (Å²) in [5, 5.41) is 0. The second-order valence-corrected chi connectivity index (χ2v) is 8.72. The lowest BCUT2D eigenvalue weighted by molar-refractivity contribution is -0.121. The topological polar surface area (TPSA) is 102 Å². The molecule has 2 amide bonds. The van der Waals surface area contributed by atoms with E-state index >= 15 is 0 Å². The van der Waals surface area contributed by atoms with Gasteiger partial charge in [-0.25, -0.2) is 9.37 Å². The van der Waals surface area contributed by atoms with Crippen LogP contribution in [-0.2, 0) is 11.3 Å². The number of likely N-dealkylation sites (tertiary alicyclic amines) is 1. The van der Waals surface area contributed by atoms with Crippen molar-refractivity contribution in [1.82, 2.24) is 9.88 Å². The molecule has 9 nitrogen and oxygen atoms in total. The predicted octanol–water partition coefficient (Wildman–Crippen LogP) is 3.55. The first-order chi connectivity index (χ1) is 17.4. The standard InChI is InChI=1S/C26H24FN3O6/c1-16-4-6-18(27)23(10-16)34-14-21(31)17-5-7-22-20(11-17)30(25(32)15-35-22)12-24-28-19(13-36-24)26(33)29-8-2-3-9-29/h4-7,10-11,13H,2-3,8-9,12,14-15H2,1H3. The summed E-state index contributed by atoms with van der Waals surface area (Å²) in [4.78, 5) is 45.4. The van der Waals surface area contributed by atoms with Gasteiger partial charge in [0, 0.05) is 18.7 Å². The fourth-order valence-corrected chi connectivity index (χ4v) is 4.20. The maximum atomic E-state index is 14.0. The van der Waals surface area contributed by atoms with Crippen molar-refractivity contribution in [2.24, 2.45) is 0 Å². The van der Waals surface area contributed by atoms with E-state index in [0.717, 1.165) is 18.4 Å². The number of halogens is 1. The van der Waals surface area contributed by atoms with E-state index in [2.05, 4.69) is 4.98 Å². The molecule has 0 aliphatic carbocycles. The van der Waals surface area contributed by atoms with Crippen molar-refractivity contribution in [3.05, 3.63) is 71.2 Å². The van der Waals surface area contributed by atoms with Crippen LogP contribution in [0.5, 0.6) is 11.5 Å². The Kier molecular flexibility index (Phi) is 6.41. The highest BCUT2D eigenvalue weighted by molar-refractivity contribution is 6.02. The van der Waals surface area contributed by atoms with Crippen LogP contribution < -0.4 is 14.4 Å². The van der Waals surface area contributed by atoms with Gasteiger partial charge in [-0.05, 0) is 55.7 Å². The molecular weight excluding hydrogens is 469 g/mol. The van der Waals surface area contributed by atoms with Crippen molar-refractivity contribution in [1.29, 1.82) is 0 Å². The molecule has 5 rings (SSSR count). The molecule has 1 saturated heterocycles. The van der Waals surface area contributed by atoms with Gasteiger partial charge >= 0.3 is 0 Å². The van der Waals surface area contributed by atoms with E-state index in [1.807, 2.05) is 0 Å². The van der Waals surface area contributed by atoms with E-state index in [-0.39, 0.29) is 54.5 Å². The predicted molar refractivity (Wildman–Crippen MR) is 126 cm³/mol. The summed E-state index contributed by atoms with van der Waals surface area (Å²) in [6, 6.07) is 9.07. The van der Waals surface area contributed by atoms with Crippen LogP contribution in [-0.4, -0.2) is 53.8 Å². The van der Waals surface area contributed by atoms with Crippen molar-refractivity contribution in [2.45, 2.75) is 26.3 Å². The van der Waals surface area contributed by atoms with Crippen molar-refractivity contribution >= 4 is 23.3 Å². The maximum absolute atomic E-state index is 14.0. The van der Waals surface area contributed by atoms with Gasteiger partial charge in [-0.2, -0.15) is 0 Å². The number of aryl methyl sites for hydroxylation is 1. The number of carbonyl (C=O) groups is 3. The van der Waals surface area contributed by atoms with Gasteiger partial charge in [-0.3, -0.25) is 19.3 Å². The molecule has 36 heavy (non-hydrogen) atoms. The lowest BCUT2D eigenvalue weighted by Crippen LogP contribution is -2.38. The monoisotopic (exact) mass is 493 g/mol. The highest BCUT2D eigenvalue weighted by Gasteiger charge is 2.29. The first-order valence-electron chi connectivity index (χ1n) is 11.6. The van der Waals surface area contributed by atoms with Crippen molar-refractivity contribution < 1.29 is 32.7 Å². The minimum Gasteiger partial charge on any atom is -0.482 e. The molecule has 0 N–H and O–H groups in total. The Labute approximate surface area is 206 Å². The number of ketones is 1. The molecule has 0 bridgehead atoms. The Hall–Kier alpha value is -4.21. The van der Waals surface area contributed by atoms with Crippen LogP contribution in [0.25, 0.3) is 0 Å². The number of rotatable bonds is 7. The number of hydrogen-bond donors (Lipinski definition) is 0. The number of Topliss-reactive ketones (excluding diaryl/α,β-unsaturated/α-hetero) is 1. The minimum absolute atomic E-state index is 0.00961. The molecule has 0 atom stereocenters. The first kappa shape index (κ1) is 23.5. The molecular formula is C26H24FN3O6. The summed E-state index contributed by atoms with van der Waals surface area (Å²) in [7, 11) is 0. The average molecular weight is 493 g/mol. The molecule has 0 saturated carbocycles. The summed E-state index contributed by atoms with van der Waals surface area (Å²) >= 11 is 0.